The number of hydrogen-bond donors (Lipinski definition) is 3. The van der Waals surface area contributed by atoms with Crippen LogP contribution < -0.4 is 44.7 Å². The third-order valence-corrected chi connectivity index (χ3v) is 12.0. The number of amides is 2. The first-order chi connectivity index (χ1) is 33.2. The van der Waals surface area contributed by atoms with E-state index in [2.05, 4.69) is 54.2 Å². The SMILES string of the molecule is Cc1nc(N2CCNCC2)nc2ccc(NC(=O)C(Oc3ccc(OC(F)(F)F)cc3Cl)C(Oc3ccc(OC(F)(F)F)cc3)C(=O)Nc3ccc4nc(N5CCC(N(C)C)CC5)nc(C)c4c3)cc12. The Balaban J connectivity index is 1.13. The van der Waals surface area contributed by atoms with Gasteiger partial charge in [0.25, 0.3) is 11.8 Å². The molecule has 0 aliphatic carbocycles. The van der Waals surface area contributed by atoms with Crippen LogP contribution in [0.15, 0.2) is 78.9 Å². The van der Waals surface area contributed by atoms with Gasteiger partial charge in [-0.25, -0.2) is 19.9 Å². The van der Waals surface area contributed by atoms with E-state index in [1.165, 1.54) is 0 Å². The number of piperidine rings is 1. The number of nitrogens with zero attached hydrogens (tertiary/aromatic N) is 7. The van der Waals surface area contributed by atoms with Gasteiger partial charge in [-0.05, 0) is 114 Å². The van der Waals surface area contributed by atoms with Crippen molar-refractivity contribution in [2.45, 2.75) is 57.7 Å². The summed E-state index contributed by atoms with van der Waals surface area (Å²) in [7, 11) is 4.11. The molecule has 2 fully saturated rings. The Hall–Kier alpha value is -6.91. The van der Waals surface area contributed by atoms with Crippen LogP contribution in [0.2, 0.25) is 5.02 Å². The number of piperazine rings is 1. The van der Waals surface area contributed by atoms with E-state index in [4.69, 9.17) is 41.0 Å². The van der Waals surface area contributed by atoms with E-state index in [-0.39, 0.29) is 22.9 Å². The highest BCUT2D eigenvalue weighted by Crippen LogP contribution is 2.35. The van der Waals surface area contributed by atoms with Gasteiger partial charge in [-0.1, -0.05) is 11.6 Å². The molecule has 2 amide bonds. The van der Waals surface area contributed by atoms with Crippen molar-refractivity contribution >= 4 is 68.5 Å². The number of rotatable bonds is 14. The minimum Gasteiger partial charge on any atom is -0.476 e. The molecule has 23 heteroatoms. The zero-order valence-electron chi connectivity index (χ0n) is 38.1. The smallest absolute Gasteiger partial charge is 0.476 e. The van der Waals surface area contributed by atoms with Crippen LogP contribution in [0.25, 0.3) is 21.8 Å². The summed E-state index contributed by atoms with van der Waals surface area (Å²) in [6.07, 6.45) is -12.2. The van der Waals surface area contributed by atoms with Crippen molar-refractivity contribution in [2.75, 3.05) is 73.8 Å². The molecule has 2 aliphatic heterocycles. The molecular weight excluding hydrogens is 950 g/mol. The lowest BCUT2D eigenvalue weighted by molar-refractivity contribution is -0.275. The van der Waals surface area contributed by atoms with Gasteiger partial charge in [0.05, 0.1) is 27.4 Å². The second-order valence-corrected chi connectivity index (χ2v) is 17.2. The Morgan fingerprint density at radius 3 is 1.63 bits per heavy atom. The van der Waals surface area contributed by atoms with Crippen LogP contribution in [0, 0.1) is 13.8 Å². The third kappa shape index (κ3) is 12.3. The van der Waals surface area contributed by atoms with Crippen LogP contribution in [-0.4, -0.2) is 121 Å². The molecule has 2 unspecified atom stereocenters. The van der Waals surface area contributed by atoms with Crippen molar-refractivity contribution < 1.29 is 54.9 Å². The van der Waals surface area contributed by atoms with E-state index in [0.717, 1.165) is 81.5 Å². The van der Waals surface area contributed by atoms with Crippen molar-refractivity contribution in [2.24, 2.45) is 0 Å². The van der Waals surface area contributed by atoms with E-state index >= 15 is 0 Å². The molecule has 4 aromatic carbocycles. The number of carbonyl (C=O) groups is 2. The number of alkyl halides is 6. The summed E-state index contributed by atoms with van der Waals surface area (Å²) in [6.45, 7) is 8.06. The monoisotopic (exact) mass is 996 g/mol. The Kier molecular flexibility index (Phi) is 14.6. The standard InChI is InChI=1S/C47H47ClF6N10O6/c1-26-34-23-28(5-12-37(34)60-44(56-26)63-19-15-30(16-20-63)62(3)4)58-42(65)40(67-31-7-9-32(10-8-31)69-46(49,50)51)41(68-39-14-11-33(25-36(39)48)70-47(52,53)54)43(66)59-29-6-13-38-35(24-29)27(2)57-45(61-38)64-21-17-55-18-22-64/h5-14,23-25,30,40-41,55H,15-22H2,1-4H3,(H,58,65)(H,59,66). The van der Waals surface area contributed by atoms with Gasteiger partial charge in [-0.15, -0.1) is 26.3 Å². The second-order valence-electron chi connectivity index (χ2n) is 16.8. The average molecular weight is 997 g/mol. The highest BCUT2D eigenvalue weighted by molar-refractivity contribution is 6.32. The Morgan fingerprint density at radius 1 is 0.657 bits per heavy atom. The fraction of sp³-hybridized carbons (Fsp3) is 0.362. The zero-order valence-corrected chi connectivity index (χ0v) is 38.9. The number of anilines is 4. The molecule has 4 heterocycles. The summed E-state index contributed by atoms with van der Waals surface area (Å²) in [6, 6.07) is 16.9. The number of nitrogens with one attached hydrogen (secondary N) is 3. The van der Waals surface area contributed by atoms with Gasteiger partial charge in [0.1, 0.15) is 23.0 Å². The van der Waals surface area contributed by atoms with Crippen LogP contribution in [-0.2, 0) is 9.59 Å². The van der Waals surface area contributed by atoms with Crippen LogP contribution in [0.4, 0.5) is 49.6 Å². The fourth-order valence-corrected chi connectivity index (χ4v) is 8.34. The summed E-state index contributed by atoms with van der Waals surface area (Å²) >= 11 is 6.42. The number of ether oxygens (including phenoxy) is 4. The van der Waals surface area contributed by atoms with Crippen LogP contribution >= 0.6 is 11.6 Å². The minimum atomic E-state index is -5.07. The van der Waals surface area contributed by atoms with Gasteiger partial charge >= 0.3 is 12.7 Å². The lowest BCUT2D eigenvalue weighted by Gasteiger charge is -2.35. The van der Waals surface area contributed by atoms with E-state index < -0.39 is 53.3 Å². The van der Waals surface area contributed by atoms with E-state index in [0.29, 0.717) is 64.2 Å². The predicted octanol–water partition coefficient (Wildman–Crippen LogP) is 8.05. The minimum absolute atomic E-state index is 0.201. The number of fused-ring (bicyclic) bond motifs is 2. The topological polar surface area (TPSA) is 168 Å². The summed E-state index contributed by atoms with van der Waals surface area (Å²) in [5, 5.41) is 9.49. The maximum atomic E-state index is 14.7. The second kappa shape index (κ2) is 20.6. The third-order valence-electron chi connectivity index (χ3n) is 11.7. The van der Waals surface area contributed by atoms with Crippen molar-refractivity contribution in [1.82, 2.24) is 30.2 Å². The Labute approximate surface area is 402 Å². The first-order valence-electron chi connectivity index (χ1n) is 22.1. The van der Waals surface area contributed by atoms with Gasteiger partial charge in [-0.2, -0.15) is 0 Å². The van der Waals surface area contributed by atoms with Crippen molar-refractivity contribution in [3.63, 3.8) is 0 Å². The summed E-state index contributed by atoms with van der Waals surface area (Å²) in [5.41, 5.74) is 2.80. The fourth-order valence-electron chi connectivity index (χ4n) is 8.13. The number of carbonyl (C=O) groups excluding carboxylic acids is 2. The number of hydrogen-bond acceptors (Lipinski definition) is 14. The molecule has 0 radical (unpaired) electrons. The molecule has 2 saturated heterocycles. The van der Waals surface area contributed by atoms with E-state index in [1.807, 2.05) is 0 Å². The number of benzene rings is 4. The highest BCUT2D eigenvalue weighted by Gasteiger charge is 2.40. The first-order valence-corrected chi connectivity index (χ1v) is 22.4. The Morgan fingerprint density at radius 2 is 1.13 bits per heavy atom. The molecule has 3 N–H and O–H groups in total. The van der Waals surface area contributed by atoms with Gasteiger partial charge in [0.2, 0.25) is 24.1 Å². The average Bonchev–Trinajstić information content (AvgIpc) is 3.30. The molecule has 8 rings (SSSR count). The van der Waals surface area contributed by atoms with Gasteiger partial charge < -0.3 is 49.6 Å². The van der Waals surface area contributed by atoms with Crippen LogP contribution in [0.1, 0.15) is 24.2 Å². The molecule has 6 aromatic rings. The molecule has 2 aliphatic rings. The predicted molar refractivity (Wildman–Crippen MR) is 250 cm³/mol. The lowest BCUT2D eigenvalue weighted by atomic mass is 10.0. The van der Waals surface area contributed by atoms with Gasteiger partial charge in [-0.3, -0.25) is 9.59 Å². The summed E-state index contributed by atoms with van der Waals surface area (Å²) in [5.74, 6) is -2.78. The number of aryl methyl sites for hydroxylation is 2. The molecule has 370 valence electrons. The number of halogens is 7. The summed E-state index contributed by atoms with van der Waals surface area (Å²) in [4.78, 5) is 54.7. The van der Waals surface area contributed by atoms with Crippen molar-refractivity contribution in [1.29, 1.82) is 0 Å². The number of aromatic nitrogens is 4. The quantitative estimate of drug-likeness (QED) is 0.0897. The molecule has 70 heavy (non-hydrogen) atoms. The molecule has 0 spiro atoms. The zero-order chi connectivity index (χ0) is 49.9. The largest absolute Gasteiger partial charge is 0.573 e. The van der Waals surface area contributed by atoms with Gasteiger partial charge in [0, 0.05) is 73.5 Å². The molecular formula is C47H47ClF6N10O6. The van der Waals surface area contributed by atoms with Crippen LogP contribution in [0.3, 0.4) is 0 Å². The molecule has 2 aromatic heterocycles. The van der Waals surface area contributed by atoms with E-state index in [9.17, 15) is 35.9 Å². The van der Waals surface area contributed by atoms with Crippen molar-refractivity contribution in [3.05, 3.63) is 95.3 Å². The van der Waals surface area contributed by atoms with Crippen LogP contribution in [0.5, 0.6) is 23.0 Å². The normalized spacial score (nSPS) is 15.7. The summed E-state index contributed by atoms with van der Waals surface area (Å²) < 4.78 is 99.0. The maximum absolute atomic E-state index is 14.7. The highest BCUT2D eigenvalue weighted by atomic mass is 35.5. The molecule has 0 bridgehead atoms. The molecule has 2 atom stereocenters. The van der Waals surface area contributed by atoms with E-state index in [1.54, 1.807) is 50.2 Å². The van der Waals surface area contributed by atoms with Gasteiger partial charge in [0.15, 0.2) is 0 Å². The molecule has 0 saturated carbocycles. The first kappa shape index (κ1) is 49.5. The molecule has 16 nitrogen and oxygen atoms in total. The Bertz CT molecular complexity index is 2860. The maximum Gasteiger partial charge on any atom is 0.573 e. The lowest BCUT2D eigenvalue weighted by Crippen LogP contribution is -2.51. The van der Waals surface area contributed by atoms with Crippen molar-refractivity contribution in [3.8, 4) is 23.0 Å².